The molecule has 1 heterocycles. The molecule has 2 unspecified atom stereocenters. The SMILES string of the molecule is CCNC(=NCc1csc(CC)n1)NC1CCCC(CC)C1.I. The number of aliphatic imine (C=N–C) groups is 1. The third-order valence-electron chi connectivity index (χ3n) is 4.35. The Kier molecular flexibility index (Phi) is 10.1. The van der Waals surface area contributed by atoms with Gasteiger partial charge in [0.05, 0.1) is 17.2 Å². The molecular formula is C17H31IN4S. The van der Waals surface area contributed by atoms with E-state index in [1.807, 2.05) is 0 Å². The van der Waals surface area contributed by atoms with Gasteiger partial charge in [0, 0.05) is 18.0 Å². The quantitative estimate of drug-likeness (QED) is 0.385. The van der Waals surface area contributed by atoms with Crippen LogP contribution in [0.4, 0.5) is 0 Å². The highest BCUT2D eigenvalue weighted by Crippen LogP contribution is 2.26. The Labute approximate surface area is 162 Å². The van der Waals surface area contributed by atoms with Crippen LogP contribution in [-0.4, -0.2) is 23.5 Å². The van der Waals surface area contributed by atoms with Gasteiger partial charge in [-0.25, -0.2) is 9.98 Å². The maximum absolute atomic E-state index is 4.71. The van der Waals surface area contributed by atoms with Gasteiger partial charge >= 0.3 is 0 Å². The van der Waals surface area contributed by atoms with Crippen molar-refractivity contribution in [3.05, 3.63) is 16.1 Å². The lowest BCUT2D eigenvalue weighted by molar-refractivity contribution is 0.298. The van der Waals surface area contributed by atoms with Crippen molar-refractivity contribution in [2.24, 2.45) is 10.9 Å². The molecule has 1 aromatic rings. The topological polar surface area (TPSA) is 49.3 Å². The summed E-state index contributed by atoms with van der Waals surface area (Å²) in [5.41, 5.74) is 1.08. The number of guanidine groups is 1. The van der Waals surface area contributed by atoms with Gasteiger partial charge in [-0.2, -0.15) is 0 Å². The van der Waals surface area contributed by atoms with Gasteiger partial charge < -0.3 is 10.6 Å². The minimum atomic E-state index is 0. The normalized spacial score (nSPS) is 21.6. The summed E-state index contributed by atoms with van der Waals surface area (Å²) in [6.07, 6.45) is 7.56. The van der Waals surface area contributed by atoms with E-state index in [1.165, 1.54) is 37.1 Å². The molecule has 132 valence electrons. The van der Waals surface area contributed by atoms with Crippen LogP contribution in [0, 0.1) is 5.92 Å². The molecule has 0 saturated heterocycles. The third-order valence-corrected chi connectivity index (χ3v) is 5.39. The van der Waals surface area contributed by atoms with Gasteiger partial charge in [-0.1, -0.05) is 33.1 Å². The zero-order valence-corrected chi connectivity index (χ0v) is 17.7. The van der Waals surface area contributed by atoms with Crippen LogP contribution in [0.2, 0.25) is 0 Å². The molecule has 4 nitrogen and oxygen atoms in total. The number of hydrogen-bond acceptors (Lipinski definition) is 3. The highest BCUT2D eigenvalue weighted by atomic mass is 127. The third kappa shape index (κ3) is 6.95. The zero-order chi connectivity index (χ0) is 15.8. The Bertz CT molecular complexity index is 475. The number of aryl methyl sites for hydroxylation is 1. The van der Waals surface area contributed by atoms with E-state index >= 15 is 0 Å². The Morgan fingerprint density at radius 3 is 2.83 bits per heavy atom. The van der Waals surface area contributed by atoms with Crippen LogP contribution >= 0.6 is 35.3 Å². The van der Waals surface area contributed by atoms with E-state index in [0.717, 1.165) is 30.5 Å². The van der Waals surface area contributed by atoms with Crippen molar-refractivity contribution in [2.45, 2.75) is 71.9 Å². The van der Waals surface area contributed by atoms with Crippen LogP contribution in [0.25, 0.3) is 0 Å². The van der Waals surface area contributed by atoms with Crippen molar-refractivity contribution < 1.29 is 0 Å². The molecule has 0 spiro atoms. The molecule has 2 rings (SSSR count). The van der Waals surface area contributed by atoms with Crippen LogP contribution in [0.15, 0.2) is 10.4 Å². The highest BCUT2D eigenvalue weighted by molar-refractivity contribution is 14.0. The minimum Gasteiger partial charge on any atom is -0.357 e. The van der Waals surface area contributed by atoms with Gasteiger partial charge in [-0.05, 0) is 32.1 Å². The van der Waals surface area contributed by atoms with Gasteiger partial charge in [0.15, 0.2) is 5.96 Å². The molecule has 1 fully saturated rings. The fourth-order valence-corrected chi connectivity index (χ4v) is 3.79. The van der Waals surface area contributed by atoms with E-state index in [0.29, 0.717) is 12.6 Å². The number of hydrogen-bond donors (Lipinski definition) is 2. The first-order valence-corrected chi connectivity index (χ1v) is 9.61. The van der Waals surface area contributed by atoms with E-state index in [2.05, 4.69) is 41.8 Å². The fourth-order valence-electron chi connectivity index (χ4n) is 3.05. The van der Waals surface area contributed by atoms with Gasteiger partial charge in [0.2, 0.25) is 0 Å². The maximum Gasteiger partial charge on any atom is 0.191 e. The van der Waals surface area contributed by atoms with Gasteiger partial charge in [-0.15, -0.1) is 35.3 Å². The molecule has 0 amide bonds. The number of rotatable bonds is 6. The lowest BCUT2D eigenvalue weighted by Gasteiger charge is -2.30. The summed E-state index contributed by atoms with van der Waals surface area (Å²) < 4.78 is 0. The largest absolute Gasteiger partial charge is 0.357 e. The number of nitrogens with zero attached hydrogens (tertiary/aromatic N) is 2. The molecule has 1 aromatic heterocycles. The molecule has 0 aromatic carbocycles. The predicted octanol–water partition coefficient (Wildman–Crippen LogP) is 4.35. The average molecular weight is 450 g/mol. The van der Waals surface area contributed by atoms with Gasteiger partial charge in [0.25, 0.3) is 0 Å². The number of aromatic nitrogens is 1. The van der Waals surface area contributed by atoms with Crippen molar-refractivity contribution in [3.8, 4) is 0 Å². The summed E-state index contributed by atoms with van der Waals surface area (Å²) >= 11 is 1.73. The molecule has 0 radical (unpaired) electrons. The lowest BCUT2D eigenvalue weighted by atomic mass is 9.84. The highest BCUT2D eigenvalue weighted by Gasteiger charge is 2.21. The van der Waals surface area contributed by atoms with Crippen molar-refractivity contribution >= 4 is 41.3 Å². The molecule has 2 N–H and O–H groups in total. The van der Waals surface area contributed by atoms with Crippen LogP contribution in [0.3, 0.4) is 0 Å². The summed E-state index contributed by atoms with van der Waals surface area (Å²) in [5.74, 6) is 1.81. The molecule has 2 atom stereocenters. The molecule has 1 aliphatic rings. The zero-order valence-electron chi connectivity index (χ0n) is 14.6. The molecule has 1 saturated carbocycles. The summed E-state index contributed by atoms with van der Waals surface area (Å²) in [6.45, 7) is 8.12. The Balaban J connectivity index is 0.00000264. The molecule has 1 aliphatic carbocycles. The first-order chi connectivity index (χ1) is 10.7. The predicted molar refractivity (Wildman–Crippen MR) is 111 cm³/mol. The van der Waals surface area contributed by atoms with E-state index in [4.69, 9.17) is 4.99 Å². The van der Waals surface area contributed by atoms with Crippen molar-refractivity contribution in [1.29, 1.82) is 0 Å². The molecule has 0 aliphatic heterocycles. The Hall–Kier alpha value is -0.370. The first-order valence-electron chi connectivity index (χ1n) is 8.73. The Morgan fingerprint density at radius 1 is 1.35 bits per heavy atom. The number of halogens is 1. The van der Waals surface area contributed by atoms with Crippen LogP contribution in [0.5, 0.6) is 0 Å². The van der Waals surface area contributed by atoms with Gasteiger partial charge in [0.1, 0.15) is 0 Å². The van der Waals surface area contributed by atoms with Gasteiger partial charge in [-0.3, -0.25) is 0 Å². The van der Waals surface area contributed by atoms with E-state index in [-0.39, 0.29) is 24.0 Å². The number of nitrogens with one attached hydrogen (secondary N) is 2. The Morgan fingerprint density at radius 2 is 2.17 bits per heavy atom. The molecular weight excluding hydrogens is 419 g/mol. The molecule has 23 heavy (non-hydrogen) atoms. The van der Waals surface area contributed by atoms with Crippen LogP contribution in [-0.2, 0) is 13.0 Å². The van der Waals surface area contributed by atoms with Crippen molar-refractivity contribution in [1.82, 2.24) is 15.6 Å². The van der Waals surface area contributed by atoms with Crippen molar-refractivity contribution in [3.63, 3.8) is 0 Å². The first kappa shape index (κ1) is 20.7. The smallest absolute Gasteiger partial charge is 0.191 e. The second-order valence-electron chi connectivity index (χ2n) is 6.06. The second kappa shape index (κ2) is 11.2. The van der Waals surface area contributed by atoms with E-state index in [9.17, 15) is 0 Å². The summed E-state index contributed by atoms with van der Waals surface area (Å²) in [4.78, 5) is 9.30. The number of thiazole rings is 1. The molecule has 0 bridgehead atoms. The molecule has 6 heteroatoms. The lowest BCUT2D eigenvalue weighted by Crippen LogP contribution is -2.45. The average Bonchev–Trinajstić information content (AvgIpc) is 3.01. The van der Waals surface area contributed by atoms with Crippen molar-refractivity contribution in [2.75, 3.05) is 6.54 Å². The van der Waals surface area contributed by atoms with E-state index < -0.39 is 0 Å². The van der Waals surface area contributed by atoms with E-state index in [1.54, 1.807) is 11.3 Å². The maximum atomic E-state index is 4.71. The summed E-state index contributed by atoms with van der Waals surface area (Å²) in [5, 5.41) is 10.3. The fraction of sp³-hybridized carbons (Fsp3) is 0.765. The standard InChI is InChI=1S/C17H30N4S.HI/c1-4-13-8-7-9-14(10-13)21-17(18-6-3)19-11-15-12-22-16(5-2)20-15;/h12-14H,4-11H2,1-3H3,(H2,18,19,21);1H. The summed E-state index contributed by atoms with van der Waals surface area (Å²) in [6, 6.07) is 0.568. The van der Waals surface area contributed by atoms with Crippen LogP contribution < -0.4 is 10.6 Å². The minimum absolute atomic E-state index is 0. The monoisotopic (exact) mass is 450 g/mol. The van der Waals surface area contributed by atoms with Crippen LogP contribution in [0.1, 0.15) is 63.6 Å². The summed E-state index contributed by atoms with van der Waals surface area (Å²) in [7, 11) is 0. The second-order valence-corrected chi connectivity index (χ2v) is 7.01.